The first-order valence-corrected chi connectivity index (χ1v) is 5.58. The van der Waals surface area contributed by atoms with E-state index in [1.165, 1.54) is 6.42 Å². The van der Waals surface area contributed by atoms with E-state index in [0.717, 1.165) is 38.5 Å². The van der Waals surface area contributed by atoms with Gasteiger partial charge in [0, 0.05) is 0 Å². The molecule has 86 valence electrons. The minimum Gasteiger partial charge on any atom is -0.481 e. The highest BCUT2D eigenvalue weighted by molar-refractivity contribution is 5.93. The first-order chi connectivity index (χ1) is 7.13. The van der Waals surface area contributed by atoms with E-state index in [1.807, 2.05) is 0 Å². The normalized spacial score (nSPS) is 19.5. The summed E-state index contributed by atoms with van der Waals surface area (Å²) >= 11 is 0. The Morgan fingerprint density at radius 3 is 1.67 bits per heavy atom. The molecule has 1 saturated carbocycles. The minimum atomic E-state index is -1.21. The molecule has 0 heterocycles. The summed E-state index contributed by atoms with van der Waals surface area (Å²) in [5.74, 6) is -3.76. The van der Waals surface area contributed by atoms with Crippen molar-refractivity contribution < 1.29 is 19.8 Å². The molecule has 1 fully saturated rings. The van der Waals surface area contributed by atoms with Gasteiger partial charge in [0.25, 0.3) is 0 Å². The highest BCUT2D eigenvalue weighted by Crippen LogP contribution is 2.28. The molecule has 1 aliphatic rings. The summed E-state index contributed by atoms with van der Waals surface area (Å²) in [7, 11) is 0. The van der Waals surface area contributed by atoms with Gasteiger partial charge in [-0.15, -0.1) is 0 Å². The molecule has 0 aromatic rings. The lowest BCUT2D eigenvalue weighted by molar-refractivity contribution is -0.157. The van der Waals surface area contributed by atoms with Gasteiger partial charge in [-0.3, -0.25) is 9.59 Å². The van der Waals surface area contributed by atoms with Crippen LogP contribution in [0.4, 0.5) is 0 Å². The molecule has 15 heavy (non-hydrogen) atoms. The van der Waals surface area contributed by atoms with E-state index in [9.17, 15) is 9.59 Å². The number of hydrogen-bond donors (Lipinski definition) is 2. The van der Waals surface area contributed by atoms with E-state index in [0.29, 0.717) is 0 Å². The Balaban J connectivity index is 2.63. The average molecular weight is 214 g/mol. The summed E-state index contributed by atoms with van der Waals surface area (Å²) in [5.41, 5.74) is 0. The van der Waals surface area contributed by atoms with Gasteiger partial charge in [-0.25, -0.2) is 0 Å². The zero-order chi connectivity index (χ0) is 11.3. The van der Waals surface area contributed by atoms with Gasteiger partial charge in [-0.1, -0.05) is 32.1 Å². The predicted octanol–water partition coefficient (Wildman–Crippen LogP) is 2.13. The van der Waals surface area contributed by atoms with Crippen molar-refractivity contribution in [1.29, 1.82) is 0 Å². The van der Waals surface area contributed by atoms with E-state index in [-0.39, 0.29) is 5.92 Å². The van der Waals surface area contributed by atoms with Gasteiger partial charge in [0.1, 0.15) is 0 Å². The van der Waals surface area contributed by atoms with Crippen LogP contribution in [0.3, 0.4) is 0 Å². The van der Waals surface area contributed by atoms with E-state index >= 15 is 0 Å². The summed E-state index contributed by atoms with van der Waals surface area (Å²) in [6, 6.07) is 0. The molecule has 0 amide bonds. The van der Waals surface area contributed by atoms with Crippen LogP contribution in [-0.4, -0.2) is 22.2 Å². The molecule has 4 nitrogen and oxygen atoms in total. The minimum absolute atomic E-state index is 0.180. The predicted molar refractivity (Wildman–Crippen MR) is 54.6 cm³/mol. The average Bonchev–Trinajstić information content (AvgIpc) is 2.07. The van der Waals surface area contributed by atoms with Crippen LogP contribution in [0.25, 0.3) is 0 Å². The summed E-state index contributed by atoms with van der Waals surface area (Å²) in [5, 5.41) is 17.8. The van der Waals surface area contributed by atoms with Crippen LogP contribution >= 0.6 is 0 Å². The molecule has 0 unspecified atom stereocenters. The zero-order valence-electron chi connectivity index (χ0n) is 8.82. The molecular weight excluding hydrogens is 196 g/mol. The van der Waals surface area contributed by atoms with Gasteiger partial charge in [0.2, 0.25) is 0 Å². The number of carboxylic acid groups (broad SMARTS) is 2. The molecule has 0 aromatic carbocycles. The molecule has 0 aliphatic heterocycles. The van der Waals surface area contributed by atoms with E-state index < -0.39 is 17.9 Å². The molecule has 0 aromatic heterocycles. The number of hydrogen-bond acceptors (Lipinski definition) is 2. The lowest BCUT2D eigenvalue weighted by Crippen LogP contribution is -2.31. The molecule has 0 bridgehead atoms. The highest BCUT2D eigenvalue weighted by atomic mass is 16.4. The third-order valence-corrected chi connectivity index (χ3v) is 3.15. The van der Waals surface area contributed by atoms with E-state index in [4.69, 9.17) is 10.2 Å². The Hall–Kier alpha value is -1.06. The summed E-state index contributed by atoms with van der Waals surface area (Å²) in [6.45, 7) is 0. The van der Waals surface area contributed by atoms with Crippen molar-refractivity contribution in [3.05, 3.63) is 0 Å². The Morgan fingerprint density at radius 1 is 0.867 bits per heavy atom. The Bertz CT molecular complexity index is 215. The highest BCUT2D eigenvalue weighted by Gasteiger charge is 2.34. The van der Waals surface area contributed by atoms with Crippen LogP contribution in [0, 0.1) is 11.8 Å². The third kappa shape index (κ3) is 3.53. The van der Waals surface area contributed by atoms with Crippen LogP contribution in [0.15, 0.2) is 0 Å². The van der Waals surface area contributed by atoms with Crippen molar-refractivity contribution in [3.63, 3.8) is 0 Å². The molecule has 2 N–H and O–H groups in total. The lowest BCUT2D eigenvalue weighted by Gasteiger charge is -2.22. The van der Waals surface area contributed by atoms with Gasteiger partial charge in [-0.2, -0.15) is 0 Å². The van der Waals surface area contributed by atoms with E-state index in [2.05, 4.69) is 0 Å². The molecular formula is C11H18O4. The smallest absolute Gasteiger partial charge is 0.318 e. The zero-order valence-corrected chi connectivity index (χ0v) is 8.82. The number of carboxylic acids is 2. The molecule has 0 saturated heterocycles. The second-order valence-corrected chi connectivity index (χ2v) is 4.26. The number of aliphatic carboxylic acids is 2. The van der Waals surface area contributed by atoms with Crippen LogP contribution in [0.2, 0.25) is 0 Å². The standard InChI is InChI=1S/C11H18O4/c12-10(13)9(11(14)15)8-6-4-2-1-3-5-7-8/h8-9H,1-7H2,(H,12,13)(H,14,15). The Kier molecular flexibility index (Phi) is 4.59. The van der Waals surface area contributed by atoms with Crippen LogP contribution in [0.1, 0.15) is 44.9 Å². The molecule has 0 spiro atoms. The largest absolute Gasteiger partial charge is 0.481 e. The summed E-state index contributed by atoms with van der Waals surface area (Å²) in [4.78, 5) is 21.7. The molecule has 0 atom stereocenters. The quantitative estimate of drug-likeness (QED) is 0.706. The van der Waals surface area contributed by atoms with Gasteiger partial charge in [0.15, 0.2) is 5.92 Å². The molecule has 1 aliphatic carbocycles. The monoisotopic (exact) mass is 214 g/mol. The van der Waals surface area contributed by atoms with Crippen LogP contribution < -0.4 is 0 Å². The maximum absolute atomic E-state index is 10.9. The first-order valence-electron chi connectivity index (χ1n) is 5.58. The van der Waals surface area contributed by atoms with Crippen molar-refractivity contribution in [2.45, 2.75) is 44.9 Å². The van der Waals surface area contributed by atoms with Gasteiger partial charge in [0.05, 0.1) is 0 Å². The Morgan fingerprint density at radius 2 is 1.27 bits per heavy atom. The third-order valence-electron chi connectivity index (χ3n) is 3.15. The van der Waals surface area contributed by atoms with Crippen LogP contribution in [-0.2, 0) is 9.59 Å². The van der Waals surface area contributed by atoms with Gasteiger partial charge < -0.3 is 10.2 Å². The number of rotatable bonds is 3. The van der Waals surface area contributed by atoms with E-state index in [1.54, 1.807) is 0 Å². The maximum atomic E-state index is 10.9. The fraction of sp³-hybridized carbons (Fsp3) is 0.818. The molecule has 1 rings (SSSR count). The van der Waals surface area contributed by atoms with Crippen molar-refractivity contribution in [1.82, 2.24) is 0 Å². The van der Waals surface area contributed by atoms with Crippen molar-refractivity contribution >= 4 is 11.9 Å². The van der Waals surface area contributed by atoms with Crippen LogP contribution in [0.5, 0.6) is 0 Å². The lowest BCUT2D eigenvalue weighted by atomic mass is 9.82. The van der Waals surface area contributed by atoms with Crippen molar-refractivity contribution in [2.24, 2.45) is 11.8 Å². The second kappa shape index (κ2) is 5.73. The number of carbonyl (C=O) groups is 2. The summed E-state index contributed by atoms with van der Waals surface area (Å²) < 4.78 is 0. The molecule has 0 radical (unpaired) electrons. The molecule has 4 heteroatoms. The fourth-order valence-electron chi connectivity index (χ4n) is 2.33. The SMILES string of the molecule is O=C(O)C(C(=O)O)C1CCCCCCC1. The second-order valence-electron chi connectivity index (χ2n) is 4.26. The van der Waals surface area contributed by atoms with Gasteiger partial charge >= 0.3 is 11.9 Å². The van der Waals surface area contributed by atoms with Gasteiger partial charge in [-0.05, 0) is 18.8 Å². The van der Waals surface area contributed by atoms with Crippen molar-refractivity contribution in [3.8, 4) is 0 Å². The summed E-state index contributed by atoms with van der Waals surface area (Å²) in [6.07, 6.45) is 6.79. The maximum Gasteiger partial charge on any atom is 0.318 e. The van der Waals surface area contributed by atoms with Crippen molar-refractivity contribution in [2.75, 3.05) is 0 Å². The topological polar surface area (TPSA) is 74.6 Å². The first kappa shape index (κ1) is 12.0. The fourth-order valence-corrected chi connectivity index (χ4v) is 2.33. The Labute approximate surface area is 89.3 Å².